The Morgan fingerprint density at radius 3 is 2.24 bits per heavy atom. The number of amides is 2. The van der Waals surface area contributed by atoms with Crippen LogP contribution in [0.15, 0.2) is 17.4 Å². The average Bonchev–Trinajstić information content (AvgIpc) is 3.11. The van der Waals surface area contributed by atoms with Crippen molar-refractivity contribution >= 4 is 26.2 Å². The summed E-state index contributed by atoms with van der Waals surface area (Å²) in [6, 6.07) is -1.10. The third-order valence-electron chi connectivity index (χ3n) is 5.17. The van der Waals surface area contributed by atoms with Gasteiger partial charge in [0, 0.05) is 17.2 Å². The van der Waals surface area contributed by atoms with Crippen LogP contribution in [0.25, 0.3) is 10.4 Å². The lowest BCUT2D eigenvalue weighted by atomic mass is 9.97. The van der Waals surface area contributed by atoms with Crippen LogP contribution >= 0.6 is 7.82 Å². The first-order valence-corrected chi connectivity index (χ1v) is 13.7. The van der Waals surface area contributed by atoms with E-state index in [-0.39, 0.29) is 6.04 Å². The lowest BCUT2D eigenvalue weighted by Gasteiger charge is -2.33. The first-order chi connectivity index (χ1) is 19.2. The van der Waals surface area contributed by atoms with E-state index in [1.165, 1.54) is 40.0 Å². The number of nitrogens with one attached hydrogen (secondary N) is 1. The number of alkyl halides is 1. The Hall–Kier alpha value is -3.18. The Balaban J connectivity index is 2.22. The van der Waals surface area contributed by atoms with Gasteiger partial charge in [-0.2, -0.15) is 0 Å². The highest BCUT2D eigenvalue weighted by molar-refractivity contribution is 7.48. The monoisotopic (exact) mass is 613 g/mol. The number of phosphoric acid groups is 1. The molecule has 2 N–H and O–H groups in total. The van der Waals surface area contributed by atoms with Crippen molar-refractivity contribution in [3.63, 3.8) is 0 Å². The predicted octanol–water partition coefficient (Wildman–Crippen LogP) is 3.21. The van der Waals surface area contributed by atoms with Gasteiger partial charge in [0.15, 0.2) is 12.4 Å². The Morgan fingerprint density at radius 2 is 1.76 bits per heavy atom. The smallest absolute Gasteiger partial charge is 0.432 e. The van der Waals surface area contributed by atoms with Gasteiger partial charge in [-0.05, 0) is 46.2 Å². The molecule has 0 aromatic rings. The number of carbonyl (C=O) groups excluding carboxylic acids is 3. The summed E-state index contributed by atoms with van der Waals surface area (Å²) in [7, 11) is -4.87. The quantitative estimate of drug-likeness (QED) is 0.0717. The third-order valence-corrected chi connectivity index (χ3v) is 6.46. The number of azide groups is 1. The molecule has 0 aromatic carbocycles. The summed E-state index contributed by atoms with van der Waals surface area (Å²) in [6.45, 7) is 3.97. The maximum atomic E-state index is 15.3. The van der Waals surface area contributed by atoms with Crippen molar-refractivity contribution in [3.8, 4) is 0 Å². The van der Waals surface area contributed by atoms with Crippen LogP contribution in [0.4, 0.5) is 18.8 Å². The van der Waals surface area contributed by atoms with Crippen LogP contribution in [0.2, 0.25) is 0 Å². The maximum absolute atomic E-state index is 15.3. The standard InChI is InChI=1S/C21H33FN5O13P/c1-12(2)38-19(30)33-10-36-41(32,37-11-34-20(31)39-13(3)4)35-9-21(8-24-26-23)16(28)15(22)17(40-21)27-7-6-14(5)25-18(27)29/h6-7,12-17,28H,8-11H2,1-5H3,(H,25,29)/t14?,15-,16+,17-,21-/m1/s1. The van der Waals surface area contributed by atoms with Crippen molar-refractivity contribution in [1.29, 1.82) is 0 Å². The van der Waals surface area contributed by atoms with E-state index in [4.69, 9.17) is 33.3 Å². The molecule has 1 saturated heterocycles. The fraction of sp³-hybridized carbons (Fsp3) is 0.762. The number of ether oxygens (including phenoxy) is 5. The van der Waals surface area contributed by atoms with E-state index in [9.17, 15) is 24.1 Å². The molecule has 0 bridgehead atoms. The van der Waals surface area contributed by atoms with Gasteiger partial charge >= 0.3 is 26.2 Å². The minimum absolute atomic E-state index is 0.361. The van der Waals surface area contributed by atoms with Crippen LogP contribution in [0, 0.1) is 0 Å². The Morgan fingerprint density at radius 1 is 1.20 bits per heavy atom. The molecule has 18 nitrogen and oxygen atoms in total. The lowest BCUT2D eigenvalue weighted by Crippen LogP contribution is -2.51. The van der Waals surface area contributed by atoms with E-state index < -0.39 is 89.2 Å². The van der Waals surface area contributed by atoms with Gasteiger partial charge < -0.3 is 34.1 Å². The molecule has 0 saturated carbocycles. The Labute approximate surface area is 234 Å². The molecule has 2 heterocycles. The second kappa shape index (κ2) is 15.2. The number of hydrogen-bond acceptors (Lipinski definition) is 14. The summed E-state index contributed by atoms with van der Waals surface area (Å²) in [5, 5.41) is 16.6. The normalized spacial score (nSPS) is 26.0. The van der Waals surface area contributed by atoms with Crippen LogP contribution in [-0.4, -0.2) is 97.4 Å². The zero-order chi connectivity index (χ0) is 30.8. The molecule has 1 unspecified atom stereocenters. The molecule has 2 aliphatic heterocycles. The van der Waals surface area contributed by atoms with Gasteiger partial charge in [-0.1, -0.05) is 5.11 Å². The summed E-state index contributed by atoms with van der Waals surface area (Å²) in [5.41, 5.74) is 6.63. The Kier molecular flexibility index (Phi) is 12.6. The van der Waals surface area contributed by atoms with Gasteiger partial charge in [0.05, 0.1) is 25.4 Å². The van der Waals surface area contributed by atoms with E-state index in [2.05, 4.69) is 24.8 Å². The topological polar surface area (TPSA) is 226 Å². The molecular weight excluding hydrogens is 580 g/mol. The van der Waals surface area contributed by atoms with Crippen molar-refractivity contribution in [2.75, 3.05) is 26.7 Å². The minimum atomic E-state index is -4.87. The minimum Gasteiger partial charge on any atom is -0.432 e. The molecule has 5 atom stereocenters. The van der Waals surface area contributed by atoms with Gasteiger partial charge in [0.1, 0.15) is 11.7 Å². The molecular formula is C21H33FN5O13P. The summed E-state index contributed by atoms with van der Waals surface area (Å²) >= 11 is 0. The number of urea groups is 1. The SMILES string of the molecule is CC1C=CN([C@@H]2O[C@](CN=[N+]=[N-])(COP(=O)(OCOC(=O)OC(C)C)OCOC(=O)OC(C)C)[C@@H](O)[C@H]2F)C(=O)N1. The van der Waals surface area contributed by atoms with Crippen LogP contribution in [0.3, 0.4) is 0 Å². The number of nitrogens with zero attached hydrogens (tertiary/aromatic N) is 4. The average molecular weight is 613 g/mol. The van der Waals surface area contributed by atoms with Crippen molar-refractivity contribution in [2.24, 2.45) is 5.11 Å². The molecule has 0 aliphatic carbocycles. The third kappa shape index (κ3) is 10.00. The van der Waals surface area contributed by atoms with E-state index in [0.29, 0.717) is 0 Å². The van der Waals surface area contributed by atoms with Crippen molar-refractivity contribution < 1.29 is 65.7 Å². The Bertz CT molecular complexity index is 1030. The van der Waals surface area contributed by atoms with Crippen LogP contribution in [0.5, 0.6) is 0 Å². The van der Waals surface area contributed by atoms with Crippen molar-refractivity contribution in [3.05, 3.63) is 22.7 Å². The van der Waals surface area contributed by atoms with Crippen LogP contribution < -0.4 is 5.32 Å². The second-order valence-electron chi connectivity index (χ2n) is 9.17. The second-order valence-corrected chi connectivity index (χ2v) is 10.8. The fourth-order valence-corrected chi connectivity index (χ4v) is 4.28. The molecule has 20 heteroatoms. The number of aliphatic hydroxyl groups is 1. The summed E-state index contributed by atoms with van der Waals surface area (Å²) < 4.78 is 68.0. The highest BCUT2D eigenvalue weighted by atomic mass is 31.2. The molecule has 41 heavy (non-hydrogen) atoms. The number of phosphoric ester groups is 1. The first kappa shape index (κ1) is 34.0. The molecule has 232 valence electrons. The fourth-order valence-electron chi connectivity index (χ4n) is 3.32. The van der Waals surface area contributed by atoms with Gasteiger partial charge in [0.25, 0.3) is 0 Å². The zero-order valence-electron chi connectivity index (χ0n) is 22.9. The molecule has 1 fully saturated rings. The first-order valence-electron chi connectivity index (χ1n) is 12.2. The lowest BCUT2D eigenvalue weighted by molar-refractivity contribution is -0.129. The van der Waals surface area contributed by atoms with Gasteiger partial charge in [0.2, 0.25) is 13.6 Å². The molecule has 2 rings (SSSR count). The number of aliphatic hydroxyl groups excluding tert-OH is 1. The van der Waals surface area contributed by atoms with Crippen molar-refractivity contribution in [2.45, 2.75) is 77.0 Å². The van der Waals surface area contributed by atoms with Gasteiger partial charge in [-0.3, -0.25) is 9.42 Å². The molecule has 0 radical (unpaired) electrons. The molecule has 0 spiro atoms. The number of hydrogen-bond donors (Lipinski definition) is 2. The number of carbonyl (C=O) groups is 3. The zero-order valence-corrected chi connectivity index (χ0v) is 23.8. The van der Waals surface area contributed by atoms with E-state index >= 15 is 4.39 Å². The molecule has 0 aromatic heterocycles. The van der Waals surface area contributed by atoms with E-state index in [1.807, 2.05) is 0 Å². The van der Waals surface area contributed by atoms with E-state index in [1.54, 1.807) is 6.92 Å². The van der Waals surface area contributed by atoms with Crippen LogP contribution in [-0.2, 0) is 41.8 Å². The predicted molar refractivity (Wildman–Crippen MR) is 132 cm³/mol. The maximum Gasteiger partial charge on any atom is 0.510 e. The summed E-state index contributed by atoms with van der Waals surface area (Å²) in [6.07, 6.45) is -6.76. The highest BCUT2D eigenvalue weighted by Crippen LogP contribution is 2.51. The number of rotatable bonds is 14. The van der Waals surface area contributed by atoms with Crippen LogP contribution in [0.1, 0.15) is 34.6 Å². The molecule has 2 aliphatic rings. The van der Waals surface area contributed by atoms with Gasteiger partial charge in [-0.25, -0.2) is 32.4 Å². The largest absolute Gasteiger partial charge is 0.510 e. The van der Waals surface area contributed by atoms with Crippen molar-refractivity contribution in [1.82, 2.24) is 10.2 Å². The highest BCUT2D eigenvalue weighted by Gasteiger charge is 2.58. The van der Waals surface area contributed by atoms with E-state index in [0.717, 1.165) is 4.90 Å². The number of halogens is 1. The summed E-state index contributed by atoms with van der Waals surface area (Å²) in [4.78, 5) is 39.1. The van der Waals surface area contributed by atoms with Gasteiger partial charge in [-0.15, -0.1) is 0 Å². The molecule has 2 amide bonds. The summed E-state index contributed by atoms with van der Waals surface area (Å²) in [5.74, 6) is 0.